The van der Waals surface area contributed by atoms with Crippen molar-refractivity contribution in [2.24, 2.45) is 0 Å². The lowest BCUT2D eigenvalue weighted by atomic mass is 10.3. The molecule has 0 aliphatic rings. The molecule has 3 heterocycles. The number of aromatic nitrogens is 7. The molecule has 0 fully saturated rings. The molecule has 29 heavy (non-hydrogen) atoms. The third-order valence-electron chi connectivity index (χ3n) is 4.34. The number of fused-ring (bicyclic) bond motifs is 1. The van der Waals surface area contributed by atoms with Gasteiger partial charge in [-0.3, -0.25) is 0 Å². The zero-order chi connectivity index (χ0) is 20.1. The largest absolute Gasteiger partial charge is 0.347 e. The van der Waals surface area contributed by atoms with Gasteiger partial charge in [-0.2, -0.15) is 15.0 Å². The van der Waals surface area contributed by atoms with Crippen molar-refractivity contribution in [2.45, 2.75) is 20.4 Å². The molecular weight excluding hydrogens is 368 g/mol. The molecule has 10 nitrogen and oxygen atoms in total. The Bertz CT molecular complexity index is 1040. The summed E-state index contributed by atoms with van der Waals surface area (Å²) in [5.74, 6) is 2.88. The van der Waals surface area contributed by atoms with Crippen LogP contribution in [0.5, 0.6) is 0 Å². The van der Waals surface area contributed by atoms with Crippen LogP contribution >= 0.6 is 0 Å². The molecule has 0 amide bonds. The number of H-pyrrole nitrogens is 1. The van der Waals surface area contributed by atoms with E-state index in [0.29, 0.717) is 30.2 Å². The number of nitrogens with zero attached hydrogens (tertiary/aromatic N) is 7. The van der Waals surface area contributed by atoms with E-state index in [1.165, 1.54) is 6.33 Å². The number of imidazole rings is 1. The predicted molar refractivity (Wildman–Crippen MR) is 112 cm³/mol. The summed E-state index contributed by atoms with van der Waals surface area (Å²) in [6.45, 7) is 6.16. The molecule has 3 aromatic heterocycles. The lowest BCUT2D eigenvalue weighted by Gasteiger charge is -2.19. The van der Waals surface area contributed by atoms with Crippen LogP contribution in [0.2, 0.25) is 0 Å². The van der Waals surface area contributed by atoms with E-state index in [2.05, 4.69) is 64.3 Å². The van der Waals surface area contributed by atoms with E-state index in [9.17, 15) is 0 Å². The monoisotopic (exact) mass is 390 g/mol. The van der Waals surface area contributed by atoms with Crippen molar-refractivity contribution >= 4 is 34.7 Å². The fourth-order valence-electron chi connectivity index (χ4n) is 2.88. The van der Waals surface area contributed by atoms with Crippen LogP contribution in [0.1, 0.15) is 19.7 Å². The molecular formula is C19H22N10. The zero-order valence-corrected chi connectivity index (χ0v) is 16.3. The molecule has 3 N–H and O–H groups in total. The minimum absolute atomic E-state index is 0.410. The second kappa shape index (κ2) is 8.46. The number of aromatic amines is 1. The summed E-state index contributed by atoms with van der Waals surface area (Å²) in [6.07, 6.45) is 3.12. The highest BCUT2D eigenvalue weighted by molar-refractivity contribution is 5.74. The Labute approximate surface area is 167 Å². The van der Waals surface area contributed by atoms with Crippen molar-refractivity contribution in [3.05, 3.63) is 48.7 Å². The molecule has 0 spiro atoms. The van der Waals surface area contributed by atoms with Gasteiger partial charge in [0.2, 0.25) is 17.8 Å². The van der Waals surface area contributed by atoms with Crippen molar-refractivity contribution in [1.29, 1.82) is 0 Å². The number of benzene rings is 1. The molecule has 4 rings (SSSR count). The Balaban J connectivity index is 1.58. The van der Waals surface area contributed by atoms with Crippen LogP contribution in [0.3, 0.4) is 0 Å². The van der Waals surface area contributed by atoms with Gasteiger partial charge in [-0.05, 0) is 32.0 Å². The molecule has 1 aromatic carbocycles. The molecule has 0 aliphatic heterocycles. The molecule has 0 saturated heterocycles. The Morgan fingerprint density at radius 1 is 0.966 bits per heavy atom. The first kappa shape index (κ1) is 18.5. The van der Waals surface area contributed by atoms with Crippen LogP contribution in [0.25, 0.3) is 11.0 Å². The average molecular weight is 390 g/mol. The summed E-state index contributed by atoms with van der Waals surface area (Å²) in [7, 11) is 0. The molecule has 0 bridgehead atoms. The molecule has 10 heteroatoms. The molecule has 0 unspecified atom stereocenters. The third kappa shape index (κ3) is 4.37. The minimum atomic E-state index is 0.410. The van der Waals surface area contributed by atoms with Crippen LogP contribution in [-0.2, 0) is 6.54 Å². The predicted octanol–water partition coefficient (Wildman–Crippen LogP) is 2.74. The summed E-state index contributed by atoms with van der Waals surface area (Å²) in [5.41, 5.74) is 1.92. The van der Waals surface area contributed by atoms with Crippen molar-refractivity contribution in [3.63, 3.8) is 0 Å². The van der Waals surface area contributed by atoms with Crippen LogP contribution in [0, 0.1) is 0 Å². The zero-order valence-electron chi connectivity index (χ0n) is 16.3. The van der Waals surface area contributed by atoms with Crippen LogP contribution < -0.4 is 15.5 Å². The lowest BCUT2D eigenvalue weighted by molar-refractivity contribution is 0.812. The Hall–Kier alpha value is -3.82. The first-order chi connectivity index (χ1) is 14.2. The van der Waals surface area contributed by atoms with Crippen LogP contribution in [0.15, 0.2) is 42.9 Å². The summed E-state index contributed by atoms with van der Waals surface area (Å²) >= 11 is 0. The van der Waals surface area contributed by atoms with Gasteiger partial charge in [0.05, 0.1) is 17.6 Å². The second-order valence-electron chi connectivity index (χ2n) is 6.23. The smallest absolute Gasteiger partial charge is 0.235 e. The maximum Gasteiger partial charge on any atom is 0.235 e. The quantitative estimate of drug-likeness (QED) is 0.417. The minimum Gasteiger partial charge on any atom is -0.347 e. The number of hydrogen-bond acceptors (Lipinski definition) is 9. The Morgan fingerprint density at radius 2 is 1.79 bits per heavy atom. The molecule has 148 valence electrons. The Morgan fingerprint density at radius 3 is 2.55 bits per heavy atom. The van der Waals surface area contributed by atoms with Crippen molar-refractivity contribution in [1.82, 2.24) is 34.9 Å². The van der Waals surface area contributed by atoms with Crippen molar-refractivity contribution in [2.75, 3.05) is 28.6 Å². The number of anilines is 4. The van der Waals surface area contributed by atoms with E-state index in [4.69, 9.17) is 0 Å². The van der Waals surface area contributed by atoms with Gasteiger partial charge in [-0.25, -0.2) is 15.0 Å². The fourth-order valence-corrected chi connectivity index (χ4v) is 2.88. The highest BCUT2D eigenvalue weighted by Gasteiger charge is 2.12. The summed E-state index contributed by atoms with van der Waals surface area (Å²) in [6, 6.07) is 9.67. The van der Waals surface area contributed by atoms with Crippen LogP contribution in [-0.4, -0.2) is 48.0 Å². The van der Waals surface area contributed by atoms with Gasteiger partial charge in [0.15, 0.2) is 0 Å². The summed E-state index contributed by atoms with van der Waals surface area (Å²) < 4.78 is 0. The SMILES string of the molecule is CCN(CC)c1nc(NCc2nc3ccccc3[nH]2)nc(Nc2ccncn2)n1. The van der Waals surface area contributed by atoms with Gasteiger partial charge in [-0.15, -0.1) is 0 Å². The maximum absolute atomic E-state index is 4.58. The molecule has 0 atom stereocenters. The topological polar surface area (TPSA) is 120 Å². The Kier molecular flexibility index (Phi) is 5.41. The molecule has 0 radical (unpaired) electrons. The number of hydrogen-bond donors (Lipinski definition) is 3. The van der Waals surface area contributed by atoms with Gasteiger partial charge in [0.25, 0.3) is 0 Å². The summed E-state index contributed by atoms with van der Waals surface area (Å²) in [4.78, 5) is 31.6. The second-order valence-corrected chi connectivity index (χ2v) is 6.23. The summed E-state index contributed by atoms with van der Waals surface area (Å²) in [5, 5.41) is 6.34. The number of rotatable bonds is 8. The molecule has 0 aliphatic carbocycles. The lowest BCUT2D eigenvalue weighted by Crippen LogP contribution is -2.25. The normalized spacial score (nSPS) is 10.8. The highest BCUT2D eigenvalue weighted by atomic mass is 15.3. The van der Waals surface area contributed by atoms with Gasteiger partial charge in [0, 0.05) is 19.3 Å². The molecule has 0 saturated carbocycles. The van der Waals surface area contributed by atoms with E-state index >= 15 is 0 Å². The van der Waals surface area contributed by atoms with E-state index in [1.807, 2.05) is 24.3 Å². The van der Waals surface area contributed by atoms with Gasteiger partial charge >= 0.3 is 0 Å². The first-order valence-corrected chi connectivity index (χ1v) is 9.46. The highest BCUT2D eigenvalue weighted by Crippen LogP contribution is 2.17. The van der Waals surface area contributed by atoms with E-state index in [1.54, 1.807) is 12.3 Å². The van der Waals surface area contributed by atoms with E-state index < -0.39 is 0 Å². The van der Waals surface area contributed by atoms with Crippen LogP contribution in [0.4, 0.5) is 23.7 Å². The number of para-hydroxylation sites is 2. The van der Waals surface area contributed by atoms with E-state index in [-0.39, 0.29) is 0 Å². The standard InChI is InChI=1S/C19H22N10/c1-3-29(4-2)19-27-17(26-18(28-19)25-15-9-10-20-12-22-15)21-11-16-23-13-7-5-6-8-14(13)24-16/h5-10,12H,3-4,11H2,1-2H3,(H,23,24)(H2,20,21,22,25,26,27,28). The average Bonchev–Trinajstić information content (AvgIpc) is 3.17. The first-order valence-electron chi connectivity index (χ1n) is 9.46. The van der Waals surface area contributed by atoms with Crippen molar-refractivity contribution in [3.8, 4) is 0 Å². The van der Waals surface area contributed by atoms with Gasteiger partial charge < -0.3 is 20.5 Å². The molecule has 4 aromatic rings. The maximum atomic E-state index is 4.58. The van der Waals surface area contributed by atoms with Crippen molar-refractivity contribution < 1.29 is 0 Å². The van der Waals surface area contributed by atoms with Gasteiger partial charge in [0.1, 0.15) is 18.0 Å². The third-order valence-corrected chi connectivity index (χ3v) is 4.34. The van der Waals surface area contributed by atoms with E-state index in [0.717, 1.165) is 29.9 Å². The fraction of sp³-hybridized carbons (Fsp3) is 0.263. The number of nitrogens with one attached hydrogen (secondary N) is 3. The van der Waals surface area contributed by atoms with Gasteiger partial charge in [-0.1, -0.05) is 12.1 Å².